The summed E-state index contributed by atoms with van der Waals surface area (Å²) in [5, 5.41) is 3.67. The van der Waals surface area contributed by atoms with E-state index in [1.807, 2.05) is 19.1 Å². The molecule has 0 amide bonds. The Morgan fingerprint density at radius 3 is 2.73 bits per heavy atom. The highest BCUT2D eigenvalue weighted by molar-refractivity contribution is 5.33. The van der Waals surface area contributed by atoms with Gasteiger partial charge in [0.15, 0.2) is 0 Å². The summed E-state index contributed by atoms with van der Waals surface area (Å²) >= 11 is 0. The second-order valence-electron chi connectivity index (χ2n) is 6.88. The Bertz CT molecular complexity index is 463. The van der Waals surface area contributed by atoms with Crippen LogP contribution in [-0.4, -0.2) is 12.6 Å². The van der Waals surface area contributed by atoms with Crippen LogP contribution in [0.3, 0.4) is 0 Å². The molecule has 1 N–H and O–H groups in total. The van der Waals surface area contributed by atoms with Gasteiger partial charge in [0.2, 0.25) is 0 Å². The van der Waals surface area contributed by atoms with Crippen molar-refractivity contribution in [1.82, 2.24) is 5.32 Å². The van der Waals surface area contributed by atoms with Gasteiger partial charge in [-0.1, -0.05) is 56.9 Å². The molecule has 0 aromatic heterocycles. The molecule has 1 aromatic carbocycles. The zero-order chi connectivity index (χ0) is 15.8. The van der Waals surface area contributed by atoms with Crippen molar-refractivity contribution < 1.29 is 4.74 Å². The quantitative estimate of drug-likeness (QED) is 0.675. The standard InChI is InChI=1S/C20H31NO/c1-16(2)15-22-20-12-8-7-11-19(20)14-21-17(3)13-18-9-5-4-6-10-18/h7-8,11-12,17-18,21H,1,4-6,9-10,13-15H2,2-3H3/t17-/m0/s1. The number of rotatable bonds is 8. The lowest BCUT2D eigenvalue weighted by Gasteiger charge is -2.25. The topological polar surface area (TPSA) is 21.3 Å². The van der Waals surface area contributed by atoms with E-state index in [4.69, 9.17) is 4.74 Å². The number of nitrogens with one attached hydrogen (secondary N) is 1. The molecule has 1 aliphatic rings. The van der Waals surface area contributed by atoms with Crippen molar-refractivity contribution in [3.63, 3.8) is 0 Å². The van der Waals surface area contributed by atoms with Gasteiger partial charge in [0, 0.05) is 18.2 Å². The summed E-state index contributed by atoms with van der Waals surface area (Å²) in [4.78, 5) is 0. The molecule has 22 heavy (non-hydrogen) atoms. The number of para-hydroxylation sites is 1. The smallest absolute Gasteiger partial charge is 0.124 e. The fourth-order valence-corrected chi connectivity index (χ4v) is 3.28. The molecule has 1 atom stereocenters. The van der Waals surface area contributed by atoms with Crippen molar-refractivity contribution >= 4 is 0 Å². The van der Waals surface area contributed by atoms with Crippen molar-refractivity contribution in [2.75, 3.05) is 6.61 Å². The van der Waals surface area contributed by atoms with Crippen LogP contribution in [0.2, 0.25) is 0 Å². The minimum Gasteiger partial charge on any atom is -0.489 e. The molecule has 0 radical (unpaired) electrons. The molecule has 0 aliphatic heterocycles. The van der Waals surface area contributed by atoms with Gasteiger partial charge in [0.25, 0.3) is 0 Å². The monoisotopic (exact) mass is 301 g/mol. The molecule has 1 saturated carbocycles. The van der Waals surface area contributed by atoms with Gasteiger partial charge in [0.1, 0.15) is 12.4 Å². The Balaban J connectivity index is 1.81. The molecule has 0 heterocycles. The van der Waals surface area contributed by atoms with Crippen LogP contribution in [0.25, 0.3) is 0 Å². The highest BCUT2D eigenvalue weighted by Gasteiger charge is 2.16. The fraction of sp³-hybridized carbons (Fsp3) is 0.600. The molecule has 0 bridgehead atoms. The minimum atomic E-state index is 0.567. The van der Waals surface area contributed by atoms with E-state index in [-0.39, 0.29) is 0 Å². The van der Waals surface area contributed by atoms with Crippen LogP contribution in [0.15, 0.2) is 36.4 Å². The van der Waals surface area contributed by atoms with Crippen LogP contribution in [0, 0.1) is 5.92 Å². The summed E-state index contributed by atoms with van der Waals surface area (Å²) in [5.74, 6) is 1.90. The Labute approximate surface area is 136 Å². The zero-order valence-corrected chi connectivity index (χ0v) is 14.2. The second kappa shape index (κ2) is 8.99. The predicted octanol–water partition coefficient (Wildman–Crippen LogP) is 5.09. The van der Waals surface area contributed by atoms with Crippen LogP contribution < -0.4 is 10.1 Å². The molecule has 0 saturated heterocycles. The maximum absolute atomic E-state index is 5.84. The number of ether oxygens (including phenoxy) is 1. The van der Waals surface area contributed by atoms with Crippen molar-refractivity contribution in [3.8, 4) is 5.75 Å². The van der Waals surface area contributed by atoms with Crippen LogP contribution in [0.1, 0.15) is 57.9 Å². The molecule has 1 aromatic rings. The second-order valence-corrected chi connectivity index (χ2v) is 6.88. The highest BCUT2D eigenvalue weighted by atomic mass is 16.5. The molecule has 0 spiro atoms. The average molecular weight is 301 g/mol. The van der Waals surface area contributed by atoms with E-state index in [0.717, 1.165) is 23.8 Å². The Morgan fingerprint density at radius 2 is 2.00 bits per heavy atom. The first kappa shape index (κ1) is 17.1. The third-order valence-corrected chi connectivity index (χ3v) is 4.50. The normalized spacial score (nSPS) is 17.2. The molecule has 0 unspecified atom stereocenters. The van der Waals surface area contributed by atoms with E-state index in [0.29, 0.717) is 12.6 Å². The van der Waals surface area contributed by atoms with Crippen molar-refractivity contribution in [2.24, 2.45) is 5.92 Å². The van der Waals surface area contributed by atoms with Gasteiger partial charge in [-0.3, -0.25) is 0 Å². The molecular weight excluding hydrogens is 270 g/mol. The van der Waals surface area contributed by atoms with Gasteiger partial charge in [-0.15, -0.1) is 0 Å². The number of hydrogen-bond acceptors (Lipinski definition) is 2. The average Bonchev–Trinajstić information content (AvgIpc) is 2.52. The van der Waals surface area contributed by atoms with E-state index in [9.17, 15) is 0 Å². The van der Waals surface area contributed by atoms with E-state index in [1.165, 1.54) is 44.1 Å². The van der Waals surface area contributed by atoms with E-state index in [2.05, 4.69) is 31.0 Å². The first-order valence-electron chi connectivity index (χ1n) is 8.73. The summed E-state index contributed by atoms with van der Waals surface area (Å²) in [7, 11) is 0. The summed E-state index contributed by atoms with van der Waals surface area (Å²) in [6, 6.07) is 8.87. The first-order valence-corrected chi connectivity index (χ1v) is 8.73. The lowest BCUT2D eigenvalue weighted by molar-refractivity contribution is 0.303. The van der Waals surface area contributed by atoms with E-state index in [1.54, 1.807) is 0 Å². The van der Waals surface area contributed by atoms with Crippen LogP contribution in [0.4, 0.5) is 0 Å². The van der Waals surface area contributed by atoms with Gasteiger partial charge in [-0.25, -0.2) is 0 Å². The summed E-state index contributed by atoms with van der Waals surface area (Å²) in [6.07, 6.45) is 8.43. The lowest BCUT2D eigenvalue weighted by atomic mass is 9.85. The minimum absolute atomic E-state index is 0.567. The Morgan fingerprint density at radius 1 is 1.27 bits per heavy atom. The molecule has 1 fully saturated rings. The van der Waals surface area contributed by atoms with Gasteiger partial charge < -0.3 is 10.1 Å². The largest absolute Gasteiger partial charge is 0.489 e. The number of hydrogen-bond donors (Lipinski definition) is 1. The van der Waals surface area contributed by atoms with Gasteiger partial charge in [-0.05, 0) is 37.8 Å². The SMILES string of the molecule is C=C(C)COc1ccccc1CN[C@@H](C)CC1CCCCC1. The molecular formula is C20H31NO. The summed E-state index contributed by atoms with van der Waals surface area (Å²) in [5.41, 5.74) is 2.28. The van der Waals surface area contributed by atoms with Gasteiger partial charge in [-0.2, -0.15) is 0 Å². The third kappa shape index (κ3) is 5.84. The van der Waals surface area contributed by atoms with Gasteiger partial charge >= 0.3 is 0 Å². The molecule has 122 valence electrons. The number of benzene rings is 1. The molecule has 1 aliphatic carbocycles. The Hall–Kier alpha value is -1.28. The van der Waals surface area contributed by atoms with Crippen LogP contribution in [0.5, 0.6) is 5.75 Å². The van der Waals surface area contributed by atoms with Crippen LogP contribution in [-0.2, 0) is 6.54 Å². The van der Waals surface area contributed by atoms with E-state index < -0.39 is 0 Å². The van der Waals surface area contributed by atoms with Crippen LogP contribution >= 0.6 is 0 Å². The van der Waals surface area contributed by atoms with Gasteiger partial charge in [0.05, 0.1) is 0 Å². The van der Waals surface area contributed by atoms with E-state index >= 15 is 0 Å². The highest BCUT2D eigenvalue weighted by Crippen LogP contribution is 2.27. The Kier molecular flexibility index (Phi) is 6.98. The maximum atomic E-state index is 5.84. The van der Waals surface area contributed by atoms with Crippen molar-refractivity contribution in [1.29, 1.82) is 0 Å². The van der Waals surface area contributed by atoms with Crippen molar-refractivity contribution in [3.05, 3.63) is 42.0 Å². The van der Waals surface area contributed by atoms with Crippen molar-refractivity contribution in [2.45, 2.75) is 65.0 Å². The third-order valence-electron chi connectivity index (χ3n) is 4.50. The fourth-order valence-electron chi connectivity index (χ4n) is 3.28. The lowest BCUT2D eigenvalue weighted by Crippen LogP contribution is -2.28. The summed E-state index contributed by atoms with van der Waals surface area (Å²) in [6.45, 7) is 9.67. The molecule has 2 rings (SSSR count). The zero-order valence-electron chi connectivity index (χ0n) is 14.2. The maximum Gasteiger partial charge on any atom is 0.124 e. The summed E-state index contributed by atoms with van der Waals surface area (Å²) < 4.78 is 5.84. The molecule has 2 nitrogen and oxygen atoms in total. The predicted molar refractivity (Wildman–Crippen MR) is 94.2 cm³/mol. The first-order chi connectivity index (χ1) is 10.6. The molecule has 2 heteroatoms.